The number of aromatic nitrogens is 1. The van der Waals surface area contributed by atoms with Gasteiger partial charge in [-0.1, -0.05) is 30.3 Å². The third-order valence-corrected chi connectivity index (χ3v) is 4.09. The molecule has 0 saturated carbocycles. The summed E-state index contributed by atoms with van der Waals surface area (Å²) < 4.78 is 7.09. The molecule has 1 heterocycles. The van der Waals surface area contributed by atoms with Crippen LogP contribution in [0, 0.1) is 0 Å². The van der Waals surface area contributed by atoms with E-state index >= 15 is 0 Å². The van der Waals surface area contributed by atoms with Gasteiger partial charge in [0.15, 0.2) is 0 Å². The molecule has 0 amide bonds. The van der Waals surface area contributed by atoms with Crippen LogP contribution in [0.25, 0.3) is 10.2 Å². The molecule has 4 heteroatoms. The van der Waals surface area contributed by atoms with Crippen LogP contribution in [0.3, 0.4) is 0 Å². The first-order valence-electron chi connectivity index (χ1n) is 6.62. The van der Waals surface area contributed by atoms with Gasteiger partial charge in [-0.05, 0) is 36.7 Å². The van der Waals surface area contributed by atoms with Gasteiger partial charge in [0, 0.05) is 0 Å². The summed E-state index contributed by atoms with van der Waals surface area (Å²) in [7, 11) is 0. The molecule has 0 saturated heterocycles. The van der Waals surface area contributed by atoms with Crippen molar-refractivity contribution in [2.75, 3.05) is 6.54 Å². The Morgan fingerprint density at radius 1 is 1.05 bits per heavy atom. The van der Waals surface area contributed by atoms with Gasteiger partial charge in [0.25, 0.3) is 0 Å². The summed E-state index contributed by atoms with van der Waals surface area (Å²) in [4.78, 5) is 4.57. The van der Waals surface area contributed by atoms with Gasteiger partial charge in [-0.2, -0.15) is 0 Å². The highest BCUT2D eigenvalue weighted by atomic mass is 32.1. The fourth-order valence-corrected chi connectivity index (χ4v) is 3.01. The molecular weight excluding hydrogens is 268 g/mol. The lowest BCUT2D eigenvalue weighted by atomic mass is 10.1. The highest BCUT2D eigenvalue weighted by Gasteiger charge is 2.06. The summed E-state index contributed by atoms with van der Waals surface area (Å²) in [5.41, 5.74) is 7.80. The highest BCUT2D eigenvalue weighted by Crippen LogP contribution is 2.24. The van der Waals surface area contributed by atoms with E-state index in [1.165, 1.54) is 4.70 Å². The largest absolute Gasteiger partial charge is 0.486 e. The van der Waals surface area contributed by atoms with E-state index in [2.05, 4.69) is 17.1 Å². The number of rotatable bonds is 5. The normalized spacial score (nSPS) is 10.8. The van der Waals surface area contributed by atoms with Crippen LogP contribution in [0.1, 0.15) is 10.6 Å². The third-order valence-electron chi connectivity index (χ3n) is 3.08. The zero-order chi connectivity index (χ0) is 13.8. The third kappa shape index (κ3) is 2.81. The van der Waals surface area contributed by atoms with Gasteiger partial charge >= 0.3 is 0 Å². The van der Waals surface area contributed by atoms with Crippen LogP contribution in [-0.4, -0.2) is 11.5 Å². The lowest BCUT2D eigenvalue weighted by molar-refractivity contribution is 0.302. The second-order valence-electron chi connectivity index (χ2n) is 4.51. The average molecular weight is 284 g/mol. The van der Waals surface area contributed by atoms with Crippen LogP contribution in [-0.2, 0) is 13.0 Å². The van der Waals surface area contributed by atoms with E-state index in [9.17, 15) is 0 Å². The number of para-hydroxylation sites is 2. The van der Waals surface area contributed by atoms with Gasteiger partial charge < -0.3 is 10.5 Å². The fourth-order valence-electron chi connectivity index (χ4n) is 2.13. The molecule has 0 fully saturated rings. The van der Waals surface area contributed by atoms with Crippen molar-refractivity contribution in [3.05, 3.63) is 59.1 Å². The van der Waals surface area contributed by atoms with Crippen LogP contribution >= 0.6 is 11.3 Å². The number of thiazole rings is 1. The highest BCUT2D eigenvalue weighted by molar-refractivity contribution is 7.18. The van der Waals surface area contributed by atoms with Crippen molar-refractivity contribution in [1.82, 2.24) is 4.98 Å². The van der Waals surface area contributed by atoms with E-state index in [1.54, 1.807) is 11.3 Å². The molecule has 0 unspecified atom stereocenters. The van der Waals surface area contributed by atoms with Crippen molar-refractivity contribution in [3.63, 3.8) is 0 Å². The quantitative estimate of drug-likeness (QED) is 0.781. The van der Waals surface area contributed by atoms with Crippen molar-refractivity contribution in [2.24, 2.45) is 5.73 Å². The Morgan fingerprint density at radius 2 is 1.85 bits per heavy atom. The number of hydrogen-bond acceptors (Lipinski definition) is 4. The molecule has 2 aromatic carbocycles. The maximum absolute atomic E-state index is 5.90. The second kappa shape index (κ2) is 6.03. The van der Waals surface area contributed by atoms with E-state index < -0.39 is 0 Å². The average Bonchev–Trinajstić information content (AvgIpc) is 2.89. The Kier molecular flexibility index (Phi) is 3.95. The second-order valence-corrected chi connectivity index (χ2v) is 5.63. The number of fused-ring (bicyclic) bond motifs is 1. The van der Waals surface area contributed by atoms with E-state index in [-0.39, 0.29) is 0 Å². The zero-order valence-electron chi connectivity index (χ0n) is 11.1. The first-order chi connectivity index (χ1) is 9.86. The molecule has 0 aliphatic rings. The number of nitrogens with two attached hydrogens (primary N) is 1. The van der Waals surface area contributed by atoms with E-state index in [0.717, 1.165) is 28.3 Å². The molecule has 3 nitrogen and oxygen atoms in total. The molecule has 0 radical (unpaired) electrons. The Labute approximate surface area is 122 Å². The summed E-state index contributed by atoms with van der Waals surface area (Å²) in [5, 5.41) is 0.994. The lowest BCUT2D eigenvalue weighted by Gasteiger charge is -2.09. The molecule has 20 heavy (non-hydrogen) atoms. The summed E-state index contributed by atoms with van der Waals surface area (Å²) in [6.07, 6.45) is 0.829. The Morgan fingerprint density at radius 3 is 2.70 bits per heavy atom. The van der Waals surface area contributed by atoms with Crippen LogP contribution in [0.15, 0.2) is 48.5 Å². The van der Waals surface area contributed by atoms with Crippen LogP contribution in [0.4, 0.5) is 0 Å². The molecule has 1 aromatic heterocycles. The summed E-state index contributed by atoms with van der Waals surface area (Å²) in [6.45, 7) is 1.13. The minimum Gasteiger partial charge on any atom is -0.486 e. The topological polar surface area (TPSA) is 48.1 Å². The minimum absolute atomic E-state index is 0.501. The Hall–Kier alpha value is -1.91. The summed E-state index contributed by atoms with van der Waals surface area (Å²) in [6, 6.07) is 16.2. The first kappa shape index (κ1) is 13.1. The van der Waals surface area contributed by atoms with Crippen molar-refractivity contribution >= 4 is 21.6 Å². The van der Waals surface area contributed by atoms with Gasteiger partial charge in [-0.3, -0.25) is 0 Å². The molecule has 3 aromatic rings. The van der Waals surface area contributed by atoms with E-state index in [4.69, 9.17) is 10.5 Å². The van der Waals surface area contributed by atoms with Crippen molar-refractivity contribution < 1.29 is 4.74 Å². The van der Waals surface area contributed by atoms with Gasteiger partial charge in [-0.15, -0.1) is 11.3 Å². The van der Waals surface area contributed by atoms with E-state index in [1.807, 2.05) is 36.4 Å². The lowest BCUT2D eigenvalue weighted by Crippen LogP contribution is -2.05. The maximum Gasteiger partial charge on any atom is 0.140 e. The zero-order valence-corrected chi connectivity index (χ0v) is 11.9. The van der Waals surface area contributed by atoms with Crippen LogP contribution < -0.4 is 10.5 Å². The smallest absolute Gasteiger partial charge is 0.140 e. The molecule has 0 atom stereocenters. The molecule has 3 rings (SSSR count). The Bertz CT molecular complexity index is 675. The Balaban J connectivity index is 1.76. The minimum atomic E-state index is 0.501. The van der Waals surface area contributed by atoms with Crippen LogP contribution in [0.5, 0.6) is 5.75 Å². The molecule has 0 spiro atoms. The molecule has 2 N–H and O–H groups in total. The number of nitrogens with zero attached hydrogens (tertiary/aromatic N) is 1. The van der Waals surface area contributed by atoms with Gasteiger partial charge in [0.1, 0.15) is 17.4 Å². The molecular formula is C16H16N2OS. The first-order valence-corrected chi connectivity index (χ1v) is 7.43. The van der Waals surface area contributed by atoms with Crippen molar-refractivity contribution in [3.8, 4) is 5.75 Å². The number of ether oxygens (including phenoxy) is 1. The van der Waals surface area contributed by atoms with Crippen LogP contribution in [0.2, 0.25) is 0 Å². The predicted octanol–water partition coefficient (Wildman–Crippen LogP) is 3.38. The maximum atomic E-state index is 5.90. The fraction of sp³-hybridized carbons (Fsp3) is 0.188. The molecule has 0 aliphatic heterocycles. The molecule has 0 aliphatic carbocycles. The SMILES string of the molecule is NCCc1ccccc1OCc1nc2ccccc2s1. The van der Waals surface area contributed by atoms with Gasteiger partial charge in [0.2, 0.25) is 0 Å². The van der Waals surface area contributed by atoms with Gasteiger partial charge in [0.05, 0.1) is 10.2 Å². The molecule has 0 bridgehead atoms. The molecule has 102 valence electrons. The van der Waals surface area contributed by atoms with Crippen molar-refractivity contribution in [1.29, 1.82) is 0 Å². The monoisotopic (exact) mass is 284 g/mol. The van der Waals surface area contributed by atoms with Crippen molar-refractivity contribution in [2.45, 2.75) is 13.0 Å². The predicted molar refractivity (Wildman–Crippen MR) is 83.2 cm³/mol. The summed E-state index contributed by atoms with van der Waals surface area (Å²) in [5.74, 6) is 0.900. The standard InChI is InChI=1S/C16H16N2OS/c17-10-9-12-5-1-3-7-14(12)19-11-16-18-13-6-2-4-8-15(13)20-16/h1-8H,9-11,17H2. The number of benzene rings is 2. The number of hydrogen-bond donors (Lipinski definition) is 1. The van der Waals surface area contributed by atoms with E-state index in [0.29, 0.717) is 13.2 Å². The summed E-state index contributed by atoms with van der Waals surface area (Å²) >= 11 is 1.67. The van der Waals surface area contributed by atoms with Gasteiger partial charge in [-0.25, -0.2) is 4.98 Å².